The van der Waals surface area contributed by atoms with Crippen LogP contribution in [0, 0.1) is 13.8 Å². The molecule has 29 heavy (non-hydrogen) atoms. The molecule has 4 nitrogen and oxygen atoms in total. The number of nitrogens with one attached hydrogen (secondary N) is 1. The van der Waals surface area contributed by atoms with Gasteiger partial charge in [0.25, 0.3) is 0 Å². The van der Waals surface area contributed by atoms with Crippen LogP contribution in [0.3, 0.4) is 0 Å². The van der Waals surface area contributed by atoms with E-state index in [9.17, 15) is 9.59 Å². The van der Waals surface area contributed by atoms with Crippen LogP contribution in [0.15, 0.2) is 46.9 Å². The average molecular weight is 459 g/mol. The molecule has 0 spiro atoms. The molecule has 2 amide bonds. The first-order chi connectivity index (χ1) is 13.7. The second kappa shape index (κ2) is 10.6. The van der Waals surface area contributed by atoms with Crippen LogP contribution in [0.4, 0.5) is 0 Å². The maximum absolute atomic E-state index is 13.2. The van der Waals surface area contributed by atoms with Gasteiger partial charge in [0.15, 0.2) is 0 Å². The normalized spacial score (nSPS) is 12.9. The number of hydrogen-bond donors (Lipinski definition) is 1. The Balaban J connectivity index is 2.23. The Morgan fingerprint density at radius 3 is 2.21 bits per heavy atom. The second-order valence-electron chi connectivity index (χ2n) is 7.74. The molecule has 0 aliphatic rings. The lowest BCUT2D eigenvalue weighted by Gasteiger charge is -2.30. The molecule has 2 aromatic carbocycles. The largest absolute Gasteiger partial charge is 0.352 e. The van der Waals surface area contributed by atoms with Crippen molar-refractivity contribution in [2.75, 3.05) is 0 Å². The zero-order chi connectivity index (χ0) is 21.6. The summed E-state index contributed by atoms with van der Waals surface area (Å²) in [7, 11) is 0. The van der Waals surface area contributed by atoms with Crippen LogP contribution in [0.1, 0.15) is 49.4 Å². The summed E-state index contributed by atoms with van der Waals surface area (Å²) in [4.78, 5) is 27.6. The smallest absolute Gasteiger partial charge is 0.242 e. The molecule has 0 bridgehead atoms. The number of hydrogen-bond acceptors (Lipinski definition) is 2. The molecule has 0 aliphatic heterocycles. The Bertz CT molecular complexity index is 848. The highest BCUT2D eigenvalue weighted by Crippen LogP contribution is 2.17. The molecule has 156 valence electrons. The highest BCUT2D eigenvalue weighted by Gasteiger charge is 2.26. The van der Waals surface area contributed by atoms with E-state index in [0.717, 1.165) is 27.6 Å². The number of benzene rings is 2. The van der Waals surface area contributed by atoms with E-state index < -0.39 is 6.04 Å². The summed E-state index contributed by atoms with van der Waals surface area (Å²) in [5.41, 5.74) is 4.32. The van der Waals surface area contributed by atoms with E-state index >= 15 is 0 Å². The maximum atomic E-state index is 13.2. The fourth-order valence-electron chi connectivity index (χ4n) is 3.02. The molecule has 0 fully saturated rings. The van der Waals surface area contributed by atoms with E-state index in [1.54, 1.807) is 11.8 Å². The van der Waals surface area contributed by atoms with Gasteiger partial charge in [-0.2, -0.15) is 0 Å². The van der Waals surface area contributed by atoms with Crippen molar-refractivity contribution in [2.45, 2.75) is 66.1 Å². The van der Waals surface area contributed by atoms with Gasteiger partial charge in [0.2, 0.25) is 11.8 Å². The van der Waals surface area contributed by atoms with Crippen molar-refractivity contribution in [2.24, 2.45) is 0 Å². The van der Waals surface area contributed by atoms with Gasteiger partial charge in [0.1, 0.15) is 6.04 Å². The summed E-state index contributed by atoms with van der Waals surface area (Å²) in [6.45, 7) is 10.3. The molecule has 2 aromatic rings. The first-order valence-electron chi connectivity index (χ1n) is 10.1. The standard InChI is InChI=1S/C24H31BrN2O2/c1-6-18(4)26-24(29)19(5)27(15-20-9-11-22(25)12-10-20)23(28)14-21-8-7-16(2)17(3)13-21/h7-13,18-19H,6,14-15H2,1-5H3,(H,26,29)/t18-,19+/m0/s1. The molecule has 0 aromatic heterocycles. The number of rotatable bonds is 8. The van der Waals surface area contributed by atoms with E-state index in [2.05, 4.69) is 34.2 Å². The van der Waals surface area contributed by atoms with E-state index in [0.29, 0.717) is 6.54 Å². The van der Waals surface area contributed by atoms with Gasteiger partial charge in [0.05, 0.1) is 6.42 Å². The van der Waals surface area contributed by atoms with Gasteiger partial charge < -0.3 is 10.2 Å². The number of nitrogens with zero attached hydrogens (tertiary/aromatic N) is 1. The zero-order valence-electron chi connectivity index (χ0n) is 18.0. The predicted octanol–water partition coefficient (Wildman–Crippen LogP) is 4.94. The lowest BCUT2D eigenvalue weighted by atomic mass is 10.0. The molecular weight excluding hydrogens is 428 g/mol. The van der Waals surface area contributed by atoms with E-state index in [1.807, 2.05) is 57.2 Å². The molecule has 2 atom stereocenters. The van der Waals surface area contributed by atoms with Crippen molar-refractivity contribution in [1.29, 1.82) is 0 Å². The molecule has 0 unspecified atom stereocenters. The van der Waals surface area contributed by atoms with Gasteiger partial charge >= 0.3 is 0 Å². The summed E-state index contributed by atoms with van der Waals surface area (Å²) in [6.07, 6.45) is 1.13. The minimum Gasteiger partial charge on any atom is -0.352 e. The Morgan fingerprint density at radius 2 is 1.62 bits per heavy atom. The van der Waals surface area contributed by atoms with Crippen LogP contribution in [0.25, 0.3) is 0 Å². The minimum atomic E-state index is -0.549. The molecule has 0 saturated heterocycles. The quantitative estimate of drug-likeness (QED) is 0.608. The molecule has 1 N–H and O–H groups in total. The third kappa shape index (κ3) is 6.70. The zero-order valence-corrected chi connectivity index (χ0v) is 19.5. The van der Waals surface area contributed by atoms with Gasteiger partial charge in [-0.1, -0.05) is 53.2 Å². The van der Waals surface area contributed by atoms with Crippen molar-refractivity contribution >= 4 is 27.7 Å². The Kier molecular flexibility index (Phi) is 8.45. The third-order valence-corrected chi connectivity index (χ3v) is 5.89. The number of amides is 2. The van der Waals surface area contributed by atoms with Crippen molar-refractivity contribution in [3.63, 3.8) is 0 Å². The third-order valence-electron chi connectivity index (χ3n) is 5.36. The van der Waals surface area contributed by atoms with Crippen LogP contribution in [0.2, 0.25) is 0 Å². The van der Waals surface area contributed by atoms with Crippen molar-refractivity contribution < 1.29 is 9.59 Å². The first-order valence-corrected chi connectivity index (χ1v) is 10.9. The fourth-order valence-corrected chi connectivity index (χ4v) is 3.29. The highest BCUT2D eigenvalue weighted by molar-refractivity contribution is 9.10. The SMILES string of the molecule is CC[C@H](C)NC(=O)[C@@H](C)N(Cc1ccc(Br)cc1)C(=O)Cc1ccc(C)c(C)c1. The minimum absolute atomic E-state index is 0.0528. The van der Waals surface area contributed by atoms with E-state index in [4.69, 9.17) is 0 Å². The number of aryl methyl sites for hydroxylation is 2. The summed E-state index contributed by atoms with van der Waals surface area (Å²) in [6, 6.07) is 13.4. The fraction of sp³-hybridized carbons (Fsp3) is 0.417. The number of carbonyl (C=O) groups is 2. The second-order valence-corrected chi connectivity index (χ2v) is 8.65. The van der Waals surface area contributed by atoms with Gasteiger partial charge in [-0.15, -0.1) is 0 Å². The van der Waals surface area contributed by atoms with Crippen LogP contribution >= 0.6 is 15.9 Å². The Labute approximate surface area is 182 Å². The maximum Gasteiger partial charge on any atom is 0.242 e. The lowest BCUT2D eigenvalue weighted by molar-refractivity contribution is -0.140. The number of halogens is 1. The van der Waals surface area contributed by atoms with Crippen LogP contribution < -0.4 is 5.32 Å². The van der Waals surface area contributed by atoms with E-state index in [1.165, 1.54) is 5.56 Å². The number of carbonyl (C=O) groups excluding carboxylic acids is 2. The highest BCUT2D eigenvalue weighted by atomic mass is 79.9. The summed E-state index contributed by atoms with van der Waals surface area (Å²) < 4.78 is 0.983. The molecule has 2 rings (SSSR count). The first kappa shape index (κ1) is 23.1. The lowest BCUT2D eigenvalue weighted by Crippen LogP contribution is -2.49. The van der Waals surface area contributed by atoms with Gasteiger partial charge in [-0.3, -0.25) is 9.59 Å². The topological polar surface area (TPSA) is 49.4 Å². The van der Waals surface area contributed by atoms with Crippen molar-refractivity contribution in [3.05, 3.63) is 69.2 Å². The monoisotopic (exact) mass is 458 g/mol. The van der Waals surface area contributed by atoms with E-state index in [-0.39, 0.29) is 24.3 Å². The summed E-state index contributed by atoms with van der Waals surface area (Å²) >= 11 is 3.44. The molecule has 5 heteroatoms. The molecular formula is C24H31BrN2O2. The summed E-state index contributed by atoms with van der Waals surface area (Å²) in [5.74, 6) is -0.173. The van der Waals surface area contributed by atoms with Crippen molar-refractivity contribution in [1.82, 2.24) is 10.2 Å². The molecule has 0 saturated carbocycles. The summed E-state index contributed by atoms with van der Waals surface area (Å²) in [5, 5.41) is 3.00. The Morgan fingerprint density at radius 1 is 1.00 bits per heavy atom. The predicted molar refractivity (Wildman–Crippen MR) is 122 cm³/mol. The van der Waals surface area contributed by atoms with Gasteiger partial charge in [-0.25, -0.2) is 0 Å². The Hall–Kier alpha value is -2.14. The molecule has 0 aliphatic carbocycles. The van der Waals surface area contributed by atoms with Crippen LogP contribution in [-0.2, 0) is 22.6 Å². The molecule has 0 heterocycles. The van der Waals surface area contributed by atoms with Crippen molar-refractivity contribution in [3.8, 4) is 0 Å². The van der Waals surface area contributed by atoms with Crippen LogP contribution in [-0.4, -0.2) is 28.8 Å². The average Bonchev–Trinajstić information content (AvgIpc) is 2.69. The van der Waals surface area contributed by atoms with Crippen LogP contribution in [0.5, 0.6) is 0 Å². The van der Waals surface area contributed by atoms with Gasteiger partial charge in [0, 0.05) is 17.1 Å². The van der Waals surface area contributed by atoms with Gasteiger partial charge in [-0.05, 0) is 68.5 Å². The molecule has 0 radical (unpaired) electrons.